The summed E-state index contributed by atoms with van der Waals surface area (Å²) in [7, 11) is 0. The molecule has 3 nitrogen and oxygen atoms in total. The van der Waals surface area contributed by atoms with Crippen molar-refractivity contribution in [3.63, 3.8) is 0 Å². The summed E-state index contributed by atoms with van der Waals surface area (Å²) in [5.74, 6) is -0.511. The number of esters is 1. The van der Waals surface area contributed by atoms with Crippen molar-refractivity contribution in [2.24, 2.45) is 0 Å². The molecule has 0 saturated carbocycles. The smallest absolute Gasteiger partial charge is 0.338 e. The largest absolute Gasteiger partial charge is 0.462 e. The third-order valence-corrected chi connectivity index (χ3v) is 3.29. The molecule has 2 rings (SSSR count). The van der Waals surface area contributed by atoms with Gasteiger partial charge in [-0.1, -0.05) is 6.07 Å². The van der Waals surface area contributed by atoms with E-state index in [1.165, 1.54) is 6.07 Å². The van der Waals surface area contributed by atoms with Gasteiger partial charge in [-0.2, -0.15) is 0 Å². The summed E-state index contributed by atoms with van der Waals surface area (Å²) in [5.41, 5.74) is 0.997. The Bertz CT molecular complexity index is 428. The summed E-state index contributed by atoms with van der Waals surface area (Å²) in [6.45, 7) is 3.88. The van der Waals surface area contributed by atoms with Crippen LogP contribution in [-0.4, -0.2) is 25.7 Å². The molecule has 1 heterocycles. The fourth-order valence-corrected chi connectivity index (χ4v) is 2.33. The normalized spacial score (nSPS) is 16.6. The van der Waals surface area contributed by atoms with Crippen LogP contribution in [0.5, 0.6) is 0 Å². The molecule has 0 atom stereocenters. The molecule has 0 radical (unpaired) electrons. The molecule has 1 fully saturated rings. The molecule has 0 aliphatic carbocycles. The summed E-state index contributed by atoms with van der Waals surface area (Å²) in [4.78, 5) is 11.5. The fourth-order valence-electron chi connectivity index (χ4n) is 2.33. The van der Waals surface area contributed by atoms with Gasteiger partial charge in [0, 0.05) is 0 Å². The lowest BCUT2D eigenvalue weighted by molar-refractivity contribution is 0.0525. The molecule has 0 aromatic heterocycles. The van der Waals surface area contributed by atoms with Crippen LogP contribution in [0.3, 0.4) is 0 Å². The van der Waals surface area contributed by atoms with Crippen LogP contribution >= 0.6 is 0 Å². The SMILES string of the molecule is CCOC(=O)c1ccc(C2CCNCC2)c(F)c1. The topological polar surface area (TPSA) is 38.3 Å². The molecule has 18 heavy (non-hydrogen) atoms. The van der Waals surface area contributed by atoms with Crippen molar-refractivity contribution in [1.82, 2.24) is 5.32 Å². The highest BCUT2D eigenvalue weighted by Gasteiger charge is 2.19. The average Bonchev–Trinajstić information content (AvgIpc) is 2.40. The van der Waals surface area contributed by atoms with E-state index >= 15 is 0 Å². The monoisotopic (exact) mass is 251 g/mol. The Hall–Kier alpha value is -1.42. The zero-order valence-electron chi connectivity index (χ0n) is 10.5. The van der Waals surface area contributed by atoms with Crippen molar-refractivity contribution in [3.8, 4) is 0 Å². The van der Waals surface area contributed by atoms with Crippen LogP contribution in [0.4, 0.5) is 4.39 Å². The van der Waals surface area contributed by atoms with Crippen molar-refractivity contribution in [1.29, 1.82) is 0 Å². The summed E-state index contributed by atoms with van der Waals surface area (Å²) < 4.78 is 18.9. The molecule has 98 valence electrons. The van der Waals surface area contributed by atoms with Crippen LogP contribution in [0.15, 0.2) is 18.2 Å². The van der Waals surface area contributed by atoms with Gasteiger partial charge in [0.15, 0.2) is 0 Å². The molecule has 0 spiro atoms. The zero-order valence-corrected chi connectivity index (χ0v) is 10.5. The van der Waals surface area contributed by atoms with Gasteiger partial charge >= 0.3 is 5.97 Å². The van der Waals surface area contributed by atoms with Crippen LogP contribution in [0.25, 0.3) is 0 Å². The number of hydrogen-bond acceptors (Lipinski definition) is 3. The van der Waals surface area contributed by atoms with Gasteiger partial charge in [0.05, 0.1) is 12.2 Å². The first-order valence-electron chi connectivity index (χ1n) is 6.39. The summed E-state index contributed by atoms with van der Waals surface area (Å²) in [6.07, 6.45) is 1.88. The lowest BCUT2D eigenvalue weighted by Gasteiger charge is -2.23. The maximum absolute atomic E-state index is 14.0. The van der Waals surface area contributed by atoms with E-state index in [2.05, 4.69) is 5.32 Å². The number of piperidine rings is 1. The number of halogens is 1. The third kappa shape index (κ3) is 2.88. The van der Waals surface area contributed by atoms with E-state index in [1.807, 2.05) is 0 Å². The predicted octanol–water partition coefficient (Wildman–Crippen LogP) is 2.47. The molecule has 1 N–H and O–H groups in total. The van der Waals surface area contributed by atoms with Gasteiger partial charge < -0.3 is 10.1 Å². The second kappa shape index (κ2) is 5.96. The second-order valence-corrected chi connectivity index (χ2v) is 4.48. The molecular weight excluding hydrogens is 233 g/mol. The fraction of sp³-hybridized carbons (Fsp3) is 0.500. The van der Waals surface area contributed by atoms with Gasteiger partial charge in [0.1, 0.15) is 5.82 Å². The van der Waals surface area contributed by atoms with E-state index < -0.39 is 5.97 Å². The third-order valence-electron chi connectivity index (χ3n) is 3.29. The molecule has 0 amide bonds. The van der Waals surface area contributed by atoms with E-state index in [-0.39, 0.29) is 17.3 Å². The lowest BCUT2D eigenvalue weighted by atomic mass is 9.89. The van der Waals surface area contributed by atoms with Gasteiger partial charge in [0.2, 0.25) is 0 Å². The molecule has 1 aromatic carbocycles. The highest BCUT2D eigenvalue weighted by molar-refractivity contribution is 5.89. The van der Waals surface area contributed by atoms with Crippen LogP contribution in [0.1, 0.15) is 41.6 Å². The Morgan fingerprint density at radius 2 is 2.17 bits per heavy atom. The summed E-state index contributed by atoms with van der Waals surface area (Å²) in [5, 5.41) is 3.25. The van der Waals surface area contributed by atoms with Crippen molar-refractivity contribution in [2.45, 2.75) is 25.7 Å². The Balaban J connectivity index is 2.16. The second-order valence-electron chi connectivity index (χ2n) is 4.48. The molecule has 4 heteroatoms. The predicted molar refractivity (Wildman–Crippen MR) is 67.2 cm³/mol. The molecule has 0 unspecified atom stereocenters. The quantitative estimate of drug-likeness (QED) is 0.839. The molecule has 1 aliphatic rings. The Kier molecular flexibility index (Phi) is 4.31. The van der Waals surface area contributed by atoms with Gasteiger partial charge in [-0.3, -0.25) is 0 Å². The average molecular weight is 251 g/mol. The first-order valence-corrected chi connectivity index (χ1v) is 6.39. The summed E-state index contributed by atoms with van der Waals surface area (Å²) >= 11 is 0. The standard InChI is InChI=1S/C14H18FNO2/c1-2-18-14(17)11-3-4-12(13(15)9-11)10-5-7-16-8-6-10/h3-4,9-10,16H,2,5-8H2,1H3. The zero-order chi connectivity index (χ0) is 13.0. The number of nitrogens with one attached hydrogen (secondary N) is 1. The Morgan fingerprint density at radius 1 is 1.44 bits per heavy atom. The first-order chi connectivity index (χ1) is 8.72. The van der Waals surface area contributed by atoms with Crippen LogP contribution < -0.4 is 5.32 Å². The van der Waals surface area contributed by atoms with Gasteiger partial charge in [-0.25, -0.2) is 9.18 Å². The Morgan fingerprint density at radius 3 is 2.78 bits per heavy atom. The van der Waals surface area contributed by atoms with Crippen molar-refractivity contribution >= 4 is 5.97 Å². The molecule has 1 aromatic rings. The highest BCUT2D eigenvalue weighted by Crippen LogP contribution is 2.27. The number of carbonyl (C=O) groups is 1. The lowest BCUT2D eigenvalue weighted by Crippen LogP contribution is -2.27. The van der Waals surface area contributed by atoms with Crippen LogP contribution in [-0.2, 0) is 4.74 Å². The van der Waals surface area contributed by atoms with Crippen LogP contribution in [0.2, 0.25) is 0 Å². The van der Waals surface area contributed by atoms with Crippen molar-refractivity contribution in [3.05, 3.63) is 35.1 Å². The molecular formula is C14H18FNO2. The van der Waals surface area contributed by atoms with E-state index in [4.69, 9.17) is 4.74 Å². The van der Waals surface area contributed by atoms with Crippen molar-refractivity contribution < 1.29 is 13.9 Å². The number of benzene rings is 1. The maximum Gasteiger partial charge on any atom is 0.338 e. The van der Waals surface area contributed by atoms with Gasteiger partial charge in [-0.05, 0) is 56.5 Å². The van der Waals surface area contributed by atoms with E-state index in [0.29, 0.717) is 12.2 Å². The van der Waals surface area contributed by atoms with E-state index in [1.54, 1.807) is 19.1 Å². The maximum atomic E-state index is 14.0. The van der Waals surface area contributed by atoms with E-state index in [0.717, 1.165) is 25.9 Å². The summed E-state index contributed by atoms with van der Waals surface area (Å²) in [6, 6.07) is 4.66. The minimum atomic E-state index is -0.465. The minimum absolute atomic E-state index is 0.252. The molecule has 1 saturated heterocycles. The number of hydrogen-bond donors (Lipinski definition) is 1. The number of rotatable bonds is 3. The molecule has 1 aliphatic heterocycles. The first kappa shape index (κ1) is 13.0. The minimum Gasteiger partial charge on any atom is -0.462 e. The number of ether oxygens (including phenoxy) is 1. The Labute approximate surface area is 106 Å². The van der Waals surface area contributed by atoms with Crippen LogP contribution in [0, 0.1) is 5.82 Å². The number of carbonyl (C=O) groups excluding carboxylic acids is 1. The van der Waals surface area contributed by atoms with Gasteiger partial charge in [0.25, 0.3) is 0 Å². The molecule has 0 bridgehead atoms. The highest BCUT2D eigenvalue weighted by atomic mass is 19.1. The van der Waals surface area contributed by atoms with Crippen molar-refractivity contribution in [2.75, 3.05) is 19.7 Å². The van der Waals surface area contributed by atoms with E-state index in [9.17, 15) is 9.18 Å². The van der Waals surface area contributed by atoms with Gasteiger partial charge in [-0.15, -0.1) is 0 Å².